The van der Waals surface area contributed by atoms with Crippen molar-refractivity contribution in [3.63, 3.8) is 0 Å². The molecule has 0 radical (unpaired) electrons. The van der Waals surface area contributed by atoms with Gasteiger partial charge in [0.15, 0.2) is 11.6 Å². The van der Waals surface area contributed by atoms with Crippen molar-refractivity contribution in [3.8, 4) is 11.6 Å². The van der Waals surface area contributed by atoms with Crippen LogP contribution in [0.5, 0.6) is 0 Å². The highest BCUT2D eigenvalue weighted by Gasteiger charge is 2.08. The molecule has 2 heterocycles. The van der Waals surface area contributed by atoms with E-state index in [-0.39, 0.29) is 0 Å². The van der Waals surface area contributed by atoms with Gasteiger partial charge in [0, 0.05) is 20.2 Å². The van der Waals surface area contributed by atoms with Crippen LogP contribution < -0.4 is 5.32 Å². The van der Waals surface area contributed by atoms with Gasteiger partial charge in [-0.2, -0.15) is 0 Å². The molecule has 0 atom stereocenters. The van der Waals surface area contributed by atoms with Crippen molar-refractivity contribution in [2.45, 2.75) is 6.61 Å². The Morgan fingerprint density at radius 3 is 2.94 bits per heavy atom. The molecule has 0 saturated carbocycles. The van der Waals surface area contributed by atoms with Gasteiger partial charge in [-0.15, -0.1) is 0 Å². The van der Waals surface area contributed by atoms with E-state index in [1.807, 2.05) is 19.2 Å². The monoisotopic (exact) mass is 219 g/mol. The third kappa shape index (κ3) is 2.20. The van der Waals surface area contributed by atoms with E-state index in [4.69, 9.17) is 9.15 Å². The number of nitrogens with zero attached hydrogens (tertiary/aromatic N) is 2. The number of rotatable bonds is 4. The van der Waals surface area contributed by atoms with Gasteiger partial charge in [-0.05, 0) is 12.1 Å². The lowest BCUT2D eigenvalue weighted by Crippen LogP contribution is -2.01. The lowest BCUT2D eigenvalue weighted by atomic mass is 10.3. The summed E-state index contributed by atoms with van der Waals surface area (Å²) in [6, 6.07) is 5.47. The van der Waals surface area contributed by atoms with Crippen molar-refractivity contribution in [3.05, 3.63) is 30.2 Å². The number of nitrogens with one attached hydrogen (secondary N) is 1. The lowest BCUT2D eigenvalue weighted by molar-refractivity contribution is 0.181. The standard InChI is InChI=1S/C11H13N3O2/c1-12-10-6-8(7-15-2)13-11(14-10)9-4-3-5-16-9/h3-6H,7H2,1-2H3,(H,12,13,14). The van der Waals surface area contributed by atoms with E-state index >= 15 is 0 Å². The Morgan fingerprint density at radius 2 is 2.31 bits per heavy atom. The molecule has 2 rings (SSSR count). The second-order valence-corrected chi connectivity index (χ2v) is 3.23. The van der Waals surface area contributed by atoms with Crippen molar-refractivity contribution in [2.75, 3.05) is 19.5 Å². The molecular formula is C11H13N3O2. The highest BCUT2D eigenvalue weighted by atomic mass is 16.5. The first-order valence-electron chi connectivity index (χ1n) is 4.92. The molecule has 16 heavy (non-hydrogen) atoms. The molecule has 0 aromatic carbocycles. The molecule has 0 aliphatic carbocycles. The number of furan rings is 1. The lowest BCUT2D eigenvalue weighted by Gasteiger charge is -2.05. The van der Waals surface area contributed by atoms with E-state index in [9.17, 15) is 0 Å². The molecule has 5 nitrogen and oxygen atoms in total. The Balaban J connectivity index is 2.41. The Morgan fingerprint density at radius 1 is 1.44 bits per heavy atom. The minimum Gasteiger partial charge on any atom is -0.461 e. The van der Waals surface area contributed by atoms with E-state index < -0.39 is 0 Å². The van der Waals surface area contributed by atoms with Gasteiger partial charge in [0.2, 0.25) is 0 Å². The first kappa shape index (κ1) is 10.6. The maximum Gasteiger partial charge on any atom is 0.197 e. The number of hydrogen-bond donors (Lipinski definition) is 1. The van der Waals surface area contributed by atoms with Crippen LogP contribution >= 0.6 is 0 Å². The van der Waals surface area contributed by atoms with Crippen molar-refractivity contribution < 1.29 is 9.15 Å². The molecule has 0 unspecified atom stereocenters. The molecule has 2 aromatic heterocycles. The number of aromatic nitrogens is 2. The molecule has 0 aliphatic rings. The van der Waals surface area contributed by atoms with Crippen molar-refractivity contribution in [1.82, 2.24) is 9.97 Å². The summed E-state index contributed by atoms with van der Waals surface area (Å²) in [6.45, 7) is 0.449. The zero-order chi connectivity index (χ0) is 11.4. The fraction of sp³-hybridized carbons (Fsp3) is 0.273. The van der Waals surface area contributed by atoms with Gasteiger partial charge in [0.1, 0.15) is 5.82 Å². The van der Waals surface area contributed by atoms with Crippen LogP contribution in [0.15, 0.2) is 28.9 Å². The van der Waals surface area contributed by atoms with Crippen molar-refractivity contribution in [1.29, 1.82) is 0 Å². The first-order chi connectivity index (χ1) is 7.83. The van der Waals surface area contributed by atoms with Crippen molar-refractivity contribution >= 4 is 5.82 Å². The summed E-state index contributed by atoms with van der Waals surface area (Å²) in [5.41, 5.74) is 0.813. The third-order valence-corrected chi connectivity index (χ3v) is 2.07. The molecular weight excluding hydrogens is 206 g/mol. The molecule has 5 heteroatoms. The first-order valence-corrected chi connectivity index (χ1v) is 4.92. The highest BCUT2D eigenvalue weighted by Crippen LogP contribution is 2.18. The minimum absolute atomic E-state index is 0.449. The summed E-state index contributed by atoms with van der Waals surface area (Å²) in [5, 5.41) is 2.98. The summed E-state index contributed by atoms with van der Waals surface area (Å²) in [6.07, 6.45) is 1.60. The fourth-order valence-electron chi connectivity index (χ4n) is 1.36. The zero-order valence-electron chi connectivity index (χ0n) is 9.23. The fourth-order valence-corrected chi connectivity index (χ4v) is 1.36. The molecule has 84 valence electrons. The number of methoxy groups -OCH3 is 1. The number of anilines is 1. The maximum absolute atomic E-state index is 5.26. The van der Waals surface area contributed by atoms with Gasteiger partial charge in [0.05, 0.1) is 18.6 Å². The maximum atomic E-state index is 5.26. The average Bonchev–Trinajstić information content (AvgIpc) is 2.82. The average molecular weight is 219 g/mol. The summed E-state index contributed by atoms with van der Waals surface area (Å²) >= 11 is 0. The summed E-state index contributed by atoms with van der Waals surface area (Å²) in [4.78, 5) is 8.65. The molecule has 0 bridgehead atoms. The number of ether oxygens (including phenoxy) is 1. The van der Waals surface area contributed by atoms with Crippen LogP contribution in [0.25, 0.3) is 11.6 Å². The molecule has 0 fully saturated rings. The van der Waals surface area contributed by atoms with E-state index in [1.165, 1.54) is 0 Å². The van der Waals surface area contributed by atoms with E-state index in [0.29, 0.717) is 18.2 Å². The van der Waals surface area contributed by atoms with Crippen LogP contribution in [0.1, 0.15) is 5.69 Å². The van der Waals surface area contributed by atoms with Gasteiger partial charge in [-0.1, -0.05) is 0 Å². The molecule has 0 aliphatic heterocycles. The minimum atomic E-state index is 0.449. The predicted molar refractivity (Wildman–Crippen MR) is 60.0 cm³/mol. The second kappa shape index (κ2) is 4.76. The summed E-state index contributed by atoms with van der Waals surface area (Å²) < 4.78 is 10.3. The van der Waals surface area contributed by atoms with Crippen molar-refractivity contribution in [2.24, 2.45) is 0 Å². The zero-order valence-corrected chi connectivity index (χ0v) is 9.23. The van der Waals surface area contributed by atoms with E-state index in [0.717, 1.165) is 11.5 Å². The Hall–Kier alpha value is -1.88. The smallest absolute Gasteiger partial charge is 0.197 e. The van der Waals surface area contributed by atoms with Crippen LogP contribution in [0.2, 0.25) is 0 Å². The molecule has 0 saturated heterocycles. The normalized spacial score (nSPS) is 10.4. The summed E-state index contributed by atoms with van der Waals surface area (Å²) in [7, 11) is 3.44. The highest BCUT2D eigenvalue weighted by molar-refractivity contribution is 5.51. The molecule has 0 spiro atoms. The summed E-state index contributed by atoms with van der Waals surface area (Å²) in [5.74, 6) is 1.95. The van der Waals surface area contributed by atoms with Crippen LogP contribution in [0.3, 0.4) is 0 Å². The SMILES string of the molecule is CNc1cc(COC)nc(-c2ccco2)n1. The molecule has 0 amide bonds. The van der Waals surface area contributed by atoms with Gasteiger partial charge in [-0.3, -0.25) is 0 Å². The Kier molecular flexibility index (Phi) is 3.16. The third-order valence-electron chi connectivity index (χ3n) is 2.07. The largest absolute Gasteiger partial charge is 0.461 e. The quantitative estimate of drug-likeness (QED) is 0.851. The molecule has 1 N–H and O–H groups in total. The van der Waals surface area contributed by atoms with Gasteiger partial charge in [0.25, 0.3) is 0 Å². The Bertz CT molecular complexity index is 454. The van der Waals surface area contributed by atoms with E-state index in [2.05, 4.69) is 15.3 Å². The van der Waals surface area contributed by atoms with E-state index in [1.54, 1.807) is 19.4 Å². The topological polar surface area (TPSA) is 60.2 Å². The van der Waals surface area contributed by atoms with Crippen LogP contribution in [-0.2, 0) is 11.3 Å². The van der Waals surface area contributed by atoms with Crippen LogP contribution in [-0.4, -0.2) is 24.1 Å². The number of hydrogen-bond acceptors (Lipinski definition) is 5. The molecule has 2 aromatic rings. The van der Waals surface area contributed by atoms with Gasteiger partial charge >= 0.3 is 0 Å². The van der Waals surface area contributed by atoms with Gasteiger partial charge < -0.3 is 14.5 Å². The van der Waals surface area contributed by atoms with Crippen LogP contribution in [0.4, 0.5) is 5.82 Å². The van der Waals surface area contributed by atoms with Gasteiger partial charge in [-0.25, -0.2) is 9.97 Å². The Labute approximate surface area is 93.5 Å². The van der Waals surface area contributed by atoms with Crippen LogP contribution in [0, 0.1) is 0 Å². The second-order valence-electron chi connectivity index (χ2n) is 3.23. The predicted octanol–water partition coefficient (Wildman–Crippen LogP) is 1.92.